The van der Waals surface area contributed by atoms with E-state index < -0.39 is 69.1 Å². The second-order valence-electron chi connectivity index (χ2n) is 22.0. The van der Waals surface area contributed by atoms with Crippen LogP contribution in [0.25, 0.3) is 32.6 Å². The van der Waals surface area contributed by atoms with Gasteiger partial charge in [0, 0.05) is 87.2 Å². The van der Waals surface area contributed by atoms with E-state index in [1.54, 1.807) is 28.5 Å². The molecule has 7 heterocycles. The lowest BCUT2D eigenvalue weighted by Crippen LogP contribution is -2.59. The first kappa shape index (κ1) is 53.9. The van der Waals surface area contributed by atoms with Crippen LogP contribution in [-0.4, -0.2) is 143 Å². The van der Waals surface area contributed by atoms with Gasteiger partial charge in [-0.2, -0.15) is 12.7 Å². The van der Waals surface area contributed by atoms with Gasteiger partial charge in [0.25, 0.3) is 0 Å². The summed E-state index contributed by atoms with van der Waals surface area (Å²) in [5, 5.41) is 6.41. The predicted octanol–water partition coefficient (Wildman–Crippen LogP) is 7.43. The van der Waals surface area contributed by atoms with E-state index in [2.05, 4.69) is 47.5 Å². The number of thiazole rings is 1. The van der Waals surface area contributed by atoms with Crippen molar-refractivity contribution < 1.29 is 40.8 Å². The Kier molecular flexibility index (Phi) is 15.4. The number of likely N-dealkylation sites (tertiary alicyclic amines) is 3. The van der Waals surface area contributed by atoms with E-state index in [0.717, 1.165) is 82.8 Å². The lowest BCUT2D eigenvalue weighted by atomic mass is 9.85. The monoisotopic (exact) mass is 1090 g/mol. The molecule has 406 valence electrons. The van der Waals surface area contributed by atoms with Gasteiger partial charge in [-0.25, -0.2) is 23.1 Å². The average molecular weight is 1090 g/mol. The third-order valence-corrected chi connectivity index (χ3v) is 17.8. The summed E-state index contributed by atoms with van der Waals surface area (Å²) in [6.45, 7) is 12.7. The van der Waals surface area contributed by atoms with Gasteiger partial charge in [0.1, 0.15) is 29.7 Å². The largest absolute Gasteiger partial charge is 0.350 e. The maximum absolute atomic E-state index is 15.8. The van der Waals surface area contributed by atoms with Gasteiger partial charge in [0.15, 0.2) is 5.82 Å². The van der Waals surface area contributed by atoms with Crippen molar-refractivity contribution in [1.82, 2.24) is 44.6 Å². The van der Waals surface area contributed by atoms with Crippen molar-refractivity contribution in [3.63, 3.8) is 0 Å². The van der Waals surface area contributed by atoms with Crippen LogP contribution in [0.1, 0.15) is 85.1 Å². The predicted molar refractivity (Wildman–Crippen MR) is 289 cm³/mol. The minimum atomic E-state index is -4.36. The lowest BCUT2D eigenvalue weighted by molar-refractivity contribution is -0.144. The molecule has 16 nitrogen and oxygen atoms in total. The maximum atomic E-state index is 15.8. The molecule has 6 aromatic rings. The molecule has 3 aromatic heterocycles. The molecule has 77 heavy (non-hydrogen) atoms. The number of halogens is 3. The SMILES string of the molecule is Cc1ncsc1-c1ccc(CNC(=O)[C@@H]2CCCN2C(=O)C(NC(=O)CN2CC(CCN3CC(c4ccc(-c5cnc6[nH]cc(C(=O)c7c(F)ccc(NS(=O)(=O)N8CC[C@@H](F)C8)c7F)c6c5)cc4)C3)C2)C(C)(C)C)cc1. The highest BCUT2D eigenvalue weighted by Crippen LogP contribution is 2.34. The van der Waals surface area contributed by atoms with E-state index in [4.69, 9.17) is 0 Å². The first-order valence-electron chi connectivity index (χ1n) is 26.1. The normalized spacial score (nSPS) is 19.3. The fraction of sp³-hybridized carbons (Fsp3) is 0.429. The summed E-state index contributed by atoms with van der Waals surface area (Å²) in [6, 6.07) is 18.2. The minimum Gasteiger partial charge on any atom is -0.350 e. The number of H-pyrrole nitrogens is 1. The topological polar surface area (TPSA) is 193 Å². The van der Waals surface area contributed by atoms with Crippen LogP contribution in [-0.2, 0) is 31.1 Å². The number of aryl methyl sites for hydroxylation is 1. The number of anilines is 1. The van der Waals surface area contributed by atoms with Crippen molar-refractivity contribution in [2.24, 2.45) is 11.3 Å². The first-order chi connectivity index (χ1) is 36.8. The Labute approximate surface area is 450 Å². The standard InChI is InChI=1S/C56H63F3N10O6S2/c1-33-51(76-32-63-33)38-9-7-34(8-10-38)23-62-54(72)46-6-5-19-69(46)55(73)52(56(2,3)4)64-47(70)31-67-26-35(27-67)17-20-66-28-40(29-66)37-13-11-36(12-14-37)39-22-42-43(25-61-53(42)60-24-39)50(71)48-44(58)15-16-45(49(48)59)65-77(74,75)68-21-18-41(57)30-68/h7-16,22,24-25,32,35,40-41,46,52,65H,5-6,17-21,23,26-31H2,1-4H3,(H,60,61)(H,62,72)(H,64,70)/t41-,46+,52?/m1/s1. The highest BCUT2D eigenvalue weighted by Gasteiger charge is 2.43. The zero-order valence-electron chi connectivity index (χ0n) is 43.5. The van der Waals surface area contributed by atoms with Gasteiger partial charge in [0.2, 0.25) is 23.5 Å². The zero-order chi connectivity index (χ0) is 54.3. The lowest BCUT2D eigenvalue weighted by Gasteiger charge is -2.43. The number of carbonyl (C=O) groups excluding carboxylic acids is 4. The summed E-state index contributed by atoms with van der Waals surface area (Å²) in [4.78, 5) is 73.8. The number of fused-ring (bicyclic) bond motifs is 1. The van der Waals surface area contributed by atoms with Crippen LogP contribution >= 0.6 is 11.3 Å². The summed E-state index contributed by atoms with van der Waals surface area (Å²) in [5.74, 6) is -3.39. The van der Waals surface area contributed by atoms with E-state index in [0.29, 0.717) is 54.4 Å². The number of ketones is 1. The molecule has 3 aromatic carbocycles. The number of amides is 3. The van der Waals surface area contributed by atoms with E-state index >= 15 is 8.78 Å². The number of hydrogen-bond acceptors (Lipinski definition) is 11. The van der Waals surface area contributed by atoms with Crippen molar-refractivity contribution in [1.29, 1.82) is 0 Å². The summed E-state index contributed by atoms with van der Waals surface area (Å²) in [7, 11) is -4.36. The molecule has 3 amide bonds. The van der Waals surface area contributed by atoms with E-state index in [9.17, 15) is 32.0 Å². The van der Waals surface area contributed by atoms with Crippen LogP contribution in [0, 0.1) is 29.9 Å². The Bertz CT molecular complexity index is 3300. The van der Waals surface area contributed by atoms with Crippen molar-refractivity contribution in [2.45, 2.75) is 84.1 Å². The van der Waals surface area contributed by atoms with Gasteiger partial charge >= 0.3 is 10.2 Å². The molecule has 4 fully saturated rings. The number of hydrogen-bond donors (Lipinski definition) is 4. The summed E-state index contributed by atoms with van der Waals surface area (Å²) in [6.07, 6.45) is 3.88. The third kappa shape index (κ3) is 11.7. The number of nitrogens with zero attached hydrogens (tertiary/aromatic N) is 6. The molecule has 0 bridgehead atoms. The quantitative estimate of drug-likeness (QED) is 0.0630. The number of rotatable bonds is 18. The van der Waals surface area contributed by atoms with Gasteiger partial charge < -0.3 is 25.4 Å². The Hall–Kier alpha value is -6.52. The Balaban J connectivity index is 0.666. The van der Waals surface area contributed by atoms with Crippen molar-refractivity contribution in [2.75, 3.05) is 63.6 Å². The first-order valence-corrected chi connectivity index (χ1v) is 28.5. The molecule has 21 heteroatoms. The van der Waals surface area contributed by atoms with Crippen LogP contribution < -0.4 is 15.4 Å². The van der Waals surface area contributed by atoms with Crippen LogP contribution in [0.15, 0.2) is 84.6 Å². The second-order valence-corrected chi connectivity index (χ2v) is 24.5. The molecule has 4 N–H and O–H groups in total. The highest BCUT2D eigenvalue weighted by molar-refractivity contribution is 7.90. The molecule has 1 unspecified atom stereocenters. The number of nitrogens with one attached hydrogen (secondary N) is 4. The van der Waals surface area contributed by atoms with Gasteiger partial charge in [-0.1, -0.05) is 69.3 Å². The van der Waals surface area contributed by atoms with E-state index in [1.807, 2.05) is 74.3 Å². The Morgan fingerprint density at radius 2 is 1.62 bits per heavy atom. The molecule has 4 saturated heterocycles. The van der Waals surface area contributed by atoms with Crippen LogP contribution in [0.2, 0.25) is 0 Å². The van der Waals surface area contributed by atoms with Crippen molar-refractivity contribution in [3.8, 4) is 21.6 Å². The number of carbonyl (C=O) groups is 4. The maximum Gasteiger partial charge on any atom is 0.301 e. The molecule has 4 aliphatic rings. The number of aromatic nitrogens is 3. The average Bonchev–Trinajstić information content (AvgIpc) is 4.27. The fourth-order valence-electron chi connectivity index (χ4n) is 10.9. The van der Waals surface area contributed by atoms with Gasteiger partial charge in [-0.3, -0.25) is 28.8 Å². The van der Waals surface area contributed by atoms with Crippen molar-refractivity contribution in [3.05, 3.63) is 124 Å². The summed E-state index contributed by atoms with van der Waals surface area (Å²) in [5.41, 5.74) is 5.66. The smallest absolute Gasteiger partial charge is 0.301 e. The summed E-state index contributed by atoms with van der Waals surface area (Å²) < 4.78 is 73.2. The van der Waals surface area contributed by atoms with E-state index in [1.165, 1.54) is 11.8 Å². The second kappa shape index (κ2) is 22.1. The number of benzene rings is 3. The van der Waals surface area contributed by atoms with Gasteiger partial charge in [-0.15, -0.1) is 11.3 Å². The highest BCUT2D eigenvalue weighted by atomic mass is 32.2. The van der Waals surface area contributed by atoms with Crippen LogP contribution in [0.4, 0.5) is 18.9 Å². The van der Waals surface area contributed by atoms with Gasteiger partial charge in [-0.05, 0) is 90.9 Å². The zero-order valence-corrected chi connectivity index (χ0v) is 45.1. The molecule has 0 saturated carbocycles. The molecule has 3 atom stereocenters. The molecular formula is C56H63F3N10O6S2. The molecule has 0 spiro atoms. The van der Waals surface area contributed by atoms with Crippen LogP contribution in [0.3, 0.4) is 0 Å². The van der Waals surface area contributed by atoms with E-state index in [-0.39, 0.29) is 42.8 Å². The van der Waals surface area contributed by atoms with Crippen LogP contribution in [0.5, 0.6) is 0 Å². The van der Waals surface area contributed by atoms with Gasteiger partial charge in [0.05, 0.1) is 33.9 Å². The number of alkyl halides is 1. The Morgan fingerprint density at radius 1 is 0.883 bits per heavy atom. The number of aromatic amines is 1. The number of pyridine rings is 1. The molecule has 0 radical (unpaired) electrons. The minimum absolute atomic E-state index is 0.00127. The summed E-state index contributed by atoms with van der Waals surface area (Å²) >= 11 is 1.59. The third-order valence-electron chi connectivity index (χ3n) is 15.4. The fourth-order valence-corrected chi connectivity index (χ4v) is 13.0. The molecular weight excluding hydrogens is 1030 g/mol. The molecule has 4 aliphatic heterocycles. The molecule has 0 aliphatic carbocycles. The van der Waals surface area contributed by atoms with Crippen molar-refractivity contribution >= 4 is 61.8 Å². The Morgan fingerprint density at radius 3 is 2.31 bits per heavy atom. The molecule has 10 rings (SSSR count).